The molecule has 3 N–H and O–H groups in total. The average molecular weight is 336 g/mol. The number of aliphatic hydroxyl groups is 1. The van der Waals surface area contributed by atoms with Gasteiger partial charge in [-0.3, -0.25) is 4.90 Å². The van der Waals surface area contributed by atoms with Crippen molar-refractivity contribution in [2.24, 2.45) is 5.41 Å². The van der Waals surface area contributed by atoms with Gasteiger partial charge in [-0.2, -0.15) is 0 Å². The summed E-state index contributed by atoms with van der Waals surface area (Å²) in [6.07, 6.45) is 0. The lowest BCUT2D eigenvalue weighted by Crippen LogP contribution is -2.49. The first kappa shape index (κ1) is 19.0. The molecule has 5 nitrogen and oxygen atoms in total. The highest BCUT2D eigenvalue weighted by atomic mass is 16.5. The Morgan fingerprint density at radius 2 is 1.79 bits per heavy atom. The number of phenolic OH excluding ortho intramolecular Hbond substituents is 1. The summed E-state index contributed by atoms with van der Waals surface area (Å²) in [6.45, 7) is 13.7. The van der Waals surface area contributed by atoms with Gasteiger partial charge in [0, 0.05) is 49.8 Å². The van der Waals surface area contributed by atoms with Gasteiger partial charge >= 0.3 is 0 Å². The summed E-state index contributed by atoms with van der Waals surface area (Å²) < 4.78 is 5.98. The van der Waals surface area contributed by atoms with E-state index < -0.39 is 0 Å². The summed E-state index contributed by atoms with van der Waals surface area (Å²) in [7, 11) is 0. The molecule has 1 aliphatic rings. The second kappa shape index (κ2) is 7.30. The molecule has 0 aromatic heterocycles. The molecule has 2 rings (SSSR count). The maximum absolute atomic E-state index is 10.5. The second-order valence-electron chi connectivity index (χ2n) is 8.27. The van der Waals surface area contributed by atoms with Crippen LogP contribution < -0.4 is 10.1 Å². The zero-order valence-electron chi connectivity index (χ0n) is 15.6. The Hall–Kier alpha value is -1.30. The molecule has 0 aliphatic carbocycles. The Morgan fingerprint density at radius 3 is 2.33 bits per heavy atom. The van der Waals surface area contributed by atoms with Gasteiger partial charge in [-0.05, 0) is 39.0 Å². The van der Waals surface area contributed by atoms with E-state index in [9.17, 15) is 10.2 Å². The Balaban J connectivity index is 2.42. The minimum atomic E-state index is -0.380. The van der Waals surface area contributed by atoms with Gasteiger partial charge in [0.05, 0.1) is 0 Å². The summed E-state index contributed by atoms with van der Waals surface area (Å²) in [5.74, 6) is 0.991. The predicted octanol–water partition coefficient (Wildman–Crippen LogP) is 2.53. The van der Waals surface area contributed by atoms with E-state index in [2.05, 4.69) is 10.2 Å². The van der Waals surface area contributed by atoms with E-state index in [1.54, 1.807) is 12.1 Å². The number of hydrogen-bond acceptors (Lipinski definition) is 5. The fourth-order valence-corrected chi connectivity index (χ4v) is 3.31. The first-order valence-corrected chi connectivity index (χ1v) is 8.71. The van der Waals surface area contributed by atoms with E-state index in [-0.39, 0.29) is 29.4 Å². The molecule has 1 aliphatic heterocycles. The fourth-order valence-electron chi connectivity index (χ4n) is 3.31. The number of benzene rings is 1. The molecule has 1 saturated heterocycles. The quantitative estimate of drug-likeness (QED) is 0.771. The van der Waals surface area contributed by atoms with Gasteiger partial charge in [-0.1, -0.05) is 13.8 Å². The largest absolute Gasteiger partial charge is 0.508 e. The van der Waals surface area contributed by atoms with Crippen molar-refractivity contribution in [2.75, 3.05) is 32.8 Å². The van der Waals surface area contributed by atoms with E-state index in [1.807, 2.05) is 40.7 Å². The number of piperazine rings is 1. The van der Waals surface area contributed by atoms with E-state index in [4.69, 9.17) is 4.74 Å². The number of nitrogens with zero attached hydrogens (tertiary/aromatic N) is 1. The molecule has 5 heteroatoms. The summed E-state index contributed by atoms with van der Waals surface area (Å²) >= 11 is 0. The molecular weight excluding hydrogens is 304 g/mol. The third-order valence-corrected chi connectivity index (χ3v) is 4.38. The van der Waals surface area contributed by atoms with Crippen LogP contribution in [0.3, 0.4) is 0 Å². The first-order valence-electron chi connectivity index (χ1n) is 8.71. The van der Waals surface area contributed by atoms with E-state index >= 15 is 0 Å². The van der Waals surface area contributed by atoms with Crippen LogP contribution >= 0.6 is 0 Å². The lowest BCUT2D eigenvalue weighted by molar-refractivity contribution is 0.0289. The average Bonchev–Trinajstić information content (AvgIpc) is 2.50. The van der Waals surface area contributed by atoms with Crippen molar-refractivity contribution < 1.29 is 14.9 Å². The van der Waals surface area contributed by atoms with E-state index in [0.29, 0.717) is 0 Å². The molecule has 0 bridgehead atoms. The topological polar surface area (TPSA) is 65.0 Å². The molecule has 0 unspecified atom stereocenters. The van der Waals surface area contributed by atoms with Crippen molar-refractivity contribution in [3.8, 4) is 11.5 Å². The lowest BCUT2D eigenvalue weighted by atomic mass is 9.79. The molecule has 1 atom stereocenters. The number of rotatable bonds is 5. The third kappa shape index (κ3) is 4.62. The standard InChI is InChI=1S/C19H32N2O3/c1-18(2,3)24-14-6-7-16(23)15(12-14)17(19(4,5)13-22)21-10-8-20-9-11-21/h6-7,12,17,20,22-23H,8-11,13H2,1-5H3/t17-/m1/s1. The Bertz CT molecular complexity index is 546. The van der Waals surface area contributed by atoms with Crippen molar-refractivity contribution in [2.45, 2.75) is 46.3 Å². The minimum Gasteiger partial charge on any atom is -0.508 e. The van der Waals surface area contributed by atoms with Crippen LogP contribution in [0.25, 0.3) is 0 Å². The smallest absolute Gasteiger partial charge is 0.120 e. The number of nitrogens with one attached hydrogen (secondary N) is 1. The second-order valence-corrected chi connectivity index (χ2v) is 8.27. The highest BCUT2D eigenvalue weighted by Crippen LogP contribution is 2.43. The van der Waals surface area contributed by atoms with Crippen LogP contribution in [0, 0.1) is 5.41 Å². The summed E-state index contributed by atoms with van der Waals surface area (Å²) in [5, 5.41) is 23.8. The molecule has 1 aromatic carbocycles. The molecule has 0 spiro atoms. The highest BCUT2D eigenvalue weighted by molar-refractivity contribution is 5.42. The molecule has 0 radical (unpaired) electrons. The van der Waals surface area contributed by atoms with E-state index in [1.165, 1.54) is 0 Å². The van der Waals surface area contributed by atoms with Gasteiger partial charge in [0.15, 0.2) is 0 Å². The van der Waals surface area contributed by atoms with Crippen molar-refractivity contribution in [3.63, 3.8) is 0 Å². The van der Waals surface area contributed by atoms with Crippen LogP contribution in [-0.2, 0) is 0 Å². The minimum absolute atomic E-state index is 0.0470. The van der Waals surface area contributed by atoms with Gasteiger partial charge in [0.25, 0.3) is 0 Å². The van der Waals surface area contributed by atoms with Gasteiger partial charge in [-0.15, -0.1) is 0 Å². The van der Waals surface area contributed by atoms with Gasteiger partial charge < -0.3 is 20.3 Å². The Kier molecular flexibility index (Phi) is 5.78. The summed E-state index contributed by atoms with van der Waals surface area (Å²) in [4.78, 5) is 2.34. The molecule has 136 valence electrons. The number of phenols is 1. The van der Waals surface area contributed by atoms with Gasteiger partial charge in [0.1, 0.15) is 17.1 Å². The number of aromatic hydroxyl groups is 1. The maximum Gasteiger partial charge on any atom is 0.120 e. The van der Waals surface area contributed by atoms with Crippen molar-refractivity contribution in [1.82, 2.24) is 10.2 Å². The Labute approximate surface area is 145 Å². The number of aliphatic hydroxyl groups excluding tert-OH is 1. The zero-order valence-corrected chi connectivity index (χ0v) is 15.6. The summed E-state index contributed by atoms with van der Waals surface area (Å²) in [5.41, 5.74) is 0.137. The monoisotopic (exact) mass is 336 g/mol. The van der Waals surface area contributed by atoms with Crippen LogP contribution in [0.4, 0.5) is 0 Å². The first-order chi connectivity index (χ1) is 11.1. The third-order valence-electron chi connectivity index (χ3n) is 4.38. The highest BCUT2D eigenvalue weighted by Gasteiger charge is 2.37. The zero-order chi connectivity index (χ0) is 18.0. The van der Waals surface area contributed by atoms with Gasteiger partial charge in [-0.25, -0.2) is 0 Å². The van der Waals surface area contributed by atoms with Crippen LogP contribution in [0.15, 0.2) is 18.2 Å². The normalized spacial score (nSPS) is 18.4. The van der Waals surface area contributed by atoms with E-state index in [0.717, 1.165) is 37.5 Å². The van der Waals surface area contributed by atoms with Crippen LogP contribution in [0.5, 0.6) is 11.5 Å². The van der Waals surface area contributed by atoms with Crippen LogP contribution in [-0.4, -0.2) is 53.5 Å². The fraction of sp³-hybridized carbons (Fsp3) is 0.684. The number of ether oxygens (including phenoxy) is 1. The molecule has 24 heavy (non-hydrogen) atoms. The van der Waals surface area contributed by atoms with Crippen LogP contribution in [0.1, 0.15) is 46.2 Å². The molecule has 0 amide bonds. The Morgan fingerprint density at radius 1 is 1.17 bits per heavy atom. The lowest BCUT2D eigenvalue weighted by Gasteiger charge is -2.43. The molecular formula is C19H32N2O3. The predicted molar refractivity (Wildman–Crippen MR) is 96.5 cm³/mol. The number of hydrogen-bond donors (Lipinski definition) is 3. The van der Waals surface area contributed by atoms with Crippen molar-refractivity contribution >= 4 is 0 Å². The SMILES string of the molecule is CC(C)(C)Oc1ccc(O)c([C@@H](N2CCNCC2)C(C)(C)CO)c1. The maximum atomic E-state index is 10.5. The van der Waals surface area contributed by atoms with Crippen molar-refractivity contribution in [3.05, 3.63) is 23.8 Å². The molecule has 0 saturated carbocycles. The molecule has 1 heterocycles. The van der Waals surface area contributed by atoms with Crippen LogP contribution in [0.2, 0.25) is 0 Å². The molecule has 1 aromatic rings. The summed E-state index contributed by atoms with van der Waals surface area (Å²) in [6, 6.07) is 5.34. The molecule has 1 fully saturated rings. The van der Waals surface area contributed by atoms with Crippen molar-refractivity contribution in [1.29, 1.82) is 0 Å². The van der Waals surface area contributed by atoms with Gasteiger partial charge in [0.2, 0.25) is 0 Å².